The largest absolute Gasteiger partial charge is 0.463 e. The summed E-state index contributed by atoms with van der Waals surface area (Å²) in [5.41, 5.74) is 2.18. The van der Waals surface area contributed by atoms with Gasteiger partial charge in [0.25, 0.3) is 5.69 Å². The molecule has 0 bridgehead atoms. The summed E-state index contributed by atoms with van der Waals surface area (Å²) in [5, 5.41) is 11.1. The van der Waals surface area contributed by atoms with Gasteiger partial charge in [-0.15, -0.1) is 0 Å². The van der Waals surface area contributed by atoms with E-state index in [2.05, 4.69) is 37.0 Å². The van der Waals surface area contributed by atoms with Gasteiger partial charge >= 0.3 is 0 Å². The predicted octanol–water partition coefficient (Wildman–Crippen LogP) is 4.12. The average Bonchev–Trinajstić information content (AvgIpc) is 2.74. The van der Waals surface area contributed by atoms with E-state index < -0.39 is 10.6 Å². The number of benzene rings is 2. The molecule has 0 saturated heterocycles. The van der Waals surface area contributed by atoms with Crippen LogP contribution in [0.3, 0.4) is 0 Å². The van der Waals surface area contributed by atoms with E-state index in [1.54, 1.807) is 6.07 Å². The van der Waals surface area contributed by atoms with Crippen LogP contribution in [0.25, 0.3) is 6.08 Å². The zero-order valence-corrected chi connectivity index (χ0v) is 13.8. The molecule has 2 aliphatic rings. The van der Waals surface area contributed by atoms with Crippen molar-refractivity contribution in [1.82, 2.24) is 0 Å². The number of anilines is 1. The molecule has 2 heterocycles. The Morgan fingerprint density at radius 2 is 1.92 bits per heavy atom. The molecule has 1 atom stereocenters. The Hall–Kier alpha value is -2.82. The third kappa shape index (κ3) is 1.69. The second-order valence-electron chi connectivity index (χ2n) is 6.81. The van der Waals surface area contributed by atoms with E-state index >= 15 is 0 Å². The maximum Gasteiger partial charge on any atom is 0.273 e. The minimum Gasteiger partial charge on any atom is -0.463 e. The molecule has 0 saturated carbocycles. The van der Waals surface area contributed by atoms with Crippen LogP contribution in [0.1, 0.15) is 25.0 Å². The van der Waals surface area contributed by atoms with Crippen molar-refractivity contribution in [1.29, 1.82) is 0 Å². The highest BCUT2D eigenvalue weighted by Gasteiger charge is 2.57. The van der Waals surface area contributed by atoms with E-state index in [9.17, 15) is 10.1 Å². The first kappa shape index (κ1) is 14.8. The number of rotatable bonds is 1. The van der Waals surface area contributed by atoms with Crippen molar-refractivity contribution in [2.45, 2.75) is 25.0 Å². The van der Waals surface area contributed by atoms with Crippen molar-refractivity contribution in [2.24, 2.45) is 0 Å². The Morgan fingerprint density at radius 3 is 2.62 bits per heavy atom. The number of fused-ring (bicyclic) bond motifs is 2. The average molecular weight is 322 g/mol. The van der Waals surface area contributed by atoms with E-state index in [1.807, 2.05) is 25.3 Å². The Balaban J connectivity index is 1.87. The molecule has 0 aromatic heterocycles. The van der Waals surface area contributed by atoms with E-state index in [1.165, 1.54) is 17.7 Å². The molecule has 5 heteroatoms. The Morgan fingerprint density at radius 1 is 1.17 bits per heavy atom. The van der Waals surface area contributed by atoms with Crippen molar-refractivity contribution in [3.8, 4) is 5.75 Å². The van der Waals surface area contributed by atoms with Crippen LogP contribution in [0.2, 0.25) is 0 Å². The van der Waals surface area contributed by atoms with Crippen LogP contribution < -0.4 is 9.64 Å². The van der Waals surface area contributed by atoms with Gasteiger partial charge in [-0.3, -0.25) is 10.1 Å². The first-order chi connectivity index (χ1) is 11.4. The summed E-state index contributed by atoms with van der Waals surface area (Å²) in [6, 6.07) is 13.0. The summed E-state index contributed by atoms with van der Waals surface area (Å²) in [6.07, 6.45) is 4.05. The molecule has 4 rings (SSSR count). The zero-order chi connectivity index (χ0) is 17.1. The minimum atomic E-state index is -0.709. The molecule has 1 spiro atoms. The lowest BCUT2D eigenvalue weighted by Crippen LogP contribution is -2.58. The van der Waals surface area contributed by atoms with Crippen LogP contribution in [-0.2, 0) is 5.41 Å². The van der Waals surface area contributed by atoms with Crippen LogP contribution in [0, 0.1) is 10.1 Å². The third-order valence-electron chi connectivity index (χ3n) is 5.29. The van der Waals surface area contributed by atoms with Gasteiger partial charge in [-0.25, -0.2) is 0 Å². The van der Waals surface area contributed by atoms with Gasteiger partial charge < -0.3 is 9.64 Å². The first-order valence-corrected chi connectivity index (χ1v) is 7.87. The molecule has 2 aromatic rings. The molecule has 1 unspecified atom stereocenters. The number of non-ortho nitro benzene ring substituents is 1. The Labute approximate surface area is 140 Å². The van der Waals surface area contributed by atoms with E-state index in [0.29, 0.717) is 5.75 Å². The number of likely N-dealkylation sites (N-methyl/N-ethyl adjacent to an activating group) is 1. The molecular formula is C19H18N2O3. The standard InChI is InChI=1S/C19H18N2O3/c1-18(2)15-6-4-5-7-16(15)20(3)19(18)11-10-13-8-9-14(21(22)23)12-17(13)24-19/h4-12H,1-3H3. The van der Waals surface area contributed by atoms with Crippen molar-refractivity contribution in [2.75, 3.05) is 11.9 Å². The molecule has 122 valence electrons. The number of nitrogens with zero attached hydrogens (tertiary/aromatic N) is 2. The minimum absolute atomic E-state index is 0.0372. The summed E-state index contributed by atoms with van der Waals surface area (Å²) in [7, 11) is 2.00. The molecule has 2 aliphatic heterocycles. The van der Waals surface area contributed by atoms with Crippen LogP contribution in [0.5, 0.6) is 5.75 Å². The van der Waals surface area contributed by atoms with Crippen LogP contribution in [-0.4, -0.2) is 17.7 Å². The van der Waals surface area contributed by atoms with Crippen LogP contribution >= 0.6 is 0 Å². The van der Waals surface area contributed by atoms with Gasteiger partial charge in [0, 0.05) is 24.4 Å². The van der Waals surface area contributed by atoms with Gasteiger partial charge in [0.1, 0.15) is 5.75 Å². The predicted molar refractivity (Wildman–Crippen MR) is 93.4 cm³/mol. The van der Waals surface area contributed by atoms with Gasteiger partial charge in [0.2, 0.25) is 5.72 Å². The van der Waals surface area contributed by atoms with E-state index in [-0.39, 0.29) is 11.1 Å². The van der Waals surface area contributed by atoms with Crippen molar-refractivity contribution >= 4 is 17.5 Å². The monoisotopic (exact) mass is 322 g/mol. The number of para-hydroxylation sites is 1. The van der Waals surface area contributed by atoms with Crippen molar-refractivity contribution in [3.63, 3.8) is 0 Å². The molecule has 24 heavy (non-hydrogen) atoms. The molecular weight excluding hydrogens is 304 g/mol. The molecule has 0 amide bonds. The van der Waals surface area contributed by atoms with Gasteiger partial charge in [0.05, 0.1) is 16.4 Å². The fourth-order valence-electron chi connectivity index (χ4n) is 3.87. The molecule has 0 N–H and O–H groups in total. The second kappa shape index (κ2) is 4.60. The topological polar surface area (TPSA) is 55.6 Å². The van der Waals surface area contributed by atoms with Crippen LogP contribution in [0.4, 0.5) is 11.4 Å². The fourth-order valence-corrected chi connectivity index (χ4v) is 3.87. The summed E-state index contributed by atoms with van der Waals surface area (Å²) >= 11 is 0. The summed E-state index contributed by atoms with van der Waals surface area (Å²) in [6.45, 7) is 4.28. The highest BCUT2D eigenvalue weighted by molar-refractivity contribution is 5.72. The molecule has 0 fully saturated rings. The molecule has 2 aromatic carbocycles. The van der Waals surface area contributed by atoms with Gasteiger partial charge in [-0.1, -0.05) is 18.2 Å². The third-order valence-corrected chi connectivity index (χ3v) is 5.29. The fraction of sp³-hybridized carbons (Fsp3) is 0.263. The highest BCUT2D eigenvalue weighted by Crippen LogP contribution is 2.54. The number of hydrogen-bond acceptors (Lipinski definition) is 4. The maximum atomic E-state index is 11.1. The van der Waals surface area contributed by atoms with Crippen molar-refractivity contribution < 1.29 is 9.66 Å². The Bertz CT molecular complexity index is 888. The summed E-state index contributed by atoms with van der Waals surface area (Å²) < 4.78 is 6.42. The van der Waals surface area contributed by atoms with E-state index in [4.69, 9.17) is 4.74 Å². The molecule has 0 aliphatic carbocycles. The normalized spacial score (nSPS) is 22.9. The lowest BCUT2D eigenvalue weighted by atomic mass is 9.76. The smallest absolute Gasteiger partial charge is 0.273 e. The SMILES string of the molecule is CN1c2ccccc2C(C)(C)C12C=Cc1ccc([N+](=O)[O-])cc1O2. The summed E-state index contributed by atoms with van der Waals surface area (Å²) in [5.74, 6) is 0.541. The van der Waals surface area contributed by atoms with Gasteiger partial charge in [-0.2, -0.15) is 0 Å². The zero-order valence-electron chi connectivity index (χ0n) is 13.8. The quantitative estimate of drug-likeness (QED) is 0.585. The van der Waals surface area contributed by atoms with Gasteiger partial charge in [-0.05, 0) is 43.7 Å². The lowest BCUT2D eigenvalue weighted by Gasteiger charge is -2.45. The first-order valence-electron chi connectivity index (χ1n) is 7.87. The number of hydrogen-bond donors (Lipinski definition) is 0. The second-order valence-corrected chi connectivity index (χ2v) is 6.81. The lowest BCUT2D eigenvalue weighted by molar-refractivity contribution is -0.385. The molecule has 0 radical (unpaired) electrons. The van der Waals surface area contributed by atoms with Crippen LogP contribution in [0.15, 0.2) is 48.5 Å². The maximum absolute atomic E-state index is 11.1. The number of ether oxygens (including phenoxy) is 1. The number of nitro groups is 1. The number of nitro benzene ring substituents is 1. The molecule has 5 nitrogen and oxygen atoms in total. The summed E-state index contributed by atoms with van der Waals surface area (Å²) in [4.78, 5) is 12.8. The Kier molecular flexibility index (Phi) is 2.83. The highest BCUT2D eigenvalue weighted by atomic mass is 16.6. The van der Waals surface area contributed by atoms with Crippen molar-refractivity contribution in [3.05, 3.63) is 69.8 Å². The van der Waals surface area contributed by atoms with E-state index in [0.717, 1.165) is 11.3 Å². The van der Waals surface area contributed by atoms with Gasteiger partial charge in [0.15, 0.2) is 0 Å².